The molecule has 0 bridgehead atoms. The zero-order chi connectivity index (χ0) is 18.0. The van der Waals surface area contributed by atoms with E-state index in [2.05, 4.69) is 37.1 Å². The molecule has 1 atom stereocenters. The van der Waals surface area contributed by atoms with Crippen molar-refractivity contribution in [3.63, 3.8) is 0 Å². The van der Waals surface area contributed by atoms with Crippen LogP contribution in [0.1, 0.15) is 37.9 Å². The summed E-state index contributed by atoms with van der Waals surface area (Å²) in [5, 5.41) is 13.1. The Morgan fingerprint density at radius 1 is 1.32 bits per heavy atom. The lowest BCUT2D eigenvalue weighted by atomic mass is 9.95. The Morgan fingerprint density at radius 3 is 2.64 bits per heavy atom. The van der Waals surface area contributed by atoms with Crippen molar-refractivity contribution in [3.05, 3.63) is 47.4 Å². The van der Waals surface area contributed by atoms with E-state index in [-0.39, 0.29) is 11.7 Å². The standard InChI is InChI=1S/C20H23FN4/c1-13(2)19-18(15-4-6-17(21)7-5-15)10-16(11-22)20(24-19)25-9-8-23-14(3)12-25/h4-7,10,13-14,23H,8-9,12H2,1-3H3/t14-/m1/s1. The summed E-state index contributed by atoms with van der Waals surface area (Å²) in [6, 6.07) is 10.9. The number of nitriles is 1. The van der Waals surface area contributed by atoms with Crippen LogP contribution in [-0.2, 0) is 0 Å². The van der Waals surface area contributed by atoms with E-state index < -0.39 is 0 Å². The van der Waals surface area contributed by atoms with E-state index in [4.69, 9.17) is 4.98 Å². The lowest BCUT2D eigenvalue weighted by Gasteiger charge is -2.34. The van der Waals surface area contributed by atoms with Crippen LogP contribution in [0.15, 0.2) is 30.3 Å². The van der Waals surface area contributed by atoms with Gasteiger partial charge in [0.1, 0.15) is 17.7 Å². The van der Waals surface area contributed by atoms with Gasteiger partial charge in [-0.3, -0.25) is 0 Å². The number of benzene rings is 1. The molecule has 2 heterocycles. The van der Waals surface area contributed by atoms with Gasteiger partial charge >= 0.3 is 0 Å². The van der Waals surface area contributed by atoms with E-state index in [1.54, 1.807) is 12.1 Å². The second-order valence-electron chi connectivity index (χ2n) is 6.87. The smallest absolute Gasteiger partial charge is 0.146 e. The summed E-state index contributed by atoms with van der Waals surface area (Å²) in [5.41, 5.74) is 3.29. The van der Waals surface area contributed by atoms with E-state index in [0.29, 0.717) is 11.6 Å². The number of hydrogen-bond acceptors (Lipinski definition) is 4. The highest BCUT2D eigenvalue weighted by Gasteiger charge is 2.23. The Hall–Kier alpha value is -2.45. The minimum atomic E-state index is -0.269. The van der Waals surface area contributed by atoms with Crippen LogP contribution >= 0.6 is 0 Å². The summed E-state index contributed by atoms with van der Waals surface area (Å²) in [6.45, 7) is 8.85. The van der Waals surface area contributed by atoms with Gasteiger partial charge in [0, 0.05) is 31.2 Å². The fourth-order valence-corrected chi connectivity index (χ4v) is 3.27. The van der Waals surface area contributed by atoms with Crippen LogP contribution in [0.4, 0.5) is 10.2 Å². The van der Waals surface area contributed by atoms with Gasteiger partial charge in [0.05, 0.1) is 11.3 Å². The highest BCUT2D eigenvalue weighted by molar-refractivity contribution is 5.72. The molecule has 1 aliphatic heterocycles. The molecule has 0 saturated carbocycles. The number of anilines is 1. The molecule has 130 valence electrons. The van der Waals surface area contributed by atoms with Crippen LogP contribution in [0.3, 0.4) is 0 Å². The number of nitrogens with one attached hydrogen (secondary N) is 1. The normalized spacial score (nSPS) is 17.6. The van der Waals surface area contributed by atoms with Gasteiger partial charge in [-0.25, -0.2) is 9.37 Å². The molecular weight excluding hydrogens is 315 g/mol. The first-order chi connectivity index (χ1) is 12.0. The van der Waals surface area contributed by atoms with Crippen molar-refractivity contribution >= 4 is 5.82 Å². The molecule has 1 fully saturated rings. The highest BCUT2D eigenvalue weighted by Crippen LogP contribution is 2.33. The minimum Gasteiger partial charge on any atom is -0.353 e. The SMILES string of the molecule is CC(C)c1nc(N2CCN[C@H](C)C2)c(C#N)cc1-c1ccc(F)cc1. The van der Waals surface area contributed by atoms with Crippen LogP contribution in [0.25, 0.3) is 11.1 Å². The molecule has 0 unspecified atom stereocenters. The van der Waals surface area contributed by atoms with Gasteiger partial charge < -0.3 is 10.2 Å². The Labute approximate surface area is 148 Å². The Morgan fingerprint density at radius 2 is 2.04 bits per heavy atom. The predicted molar refractivity (Wildman–Crippen MR) is 98.1 cm³/mol. The molecule has 3 rings (SSSR count). The topological polar surface area (TPSA) is 52.0 Å². The van der Waals surface area contributed by atoms with Gasteiger partial charge in [0.25, 0.3) is 0 Å². The first kappa shape index (κ1) is 17.4. The molecule has 1 aromatic heterocycles. The molecule has 2 aromatic rings. The summed E-state index contributed by atoms with van der Waals surface area (Å²) in [5.74, 6) is 0.687. The molecule has 25 heavy (non-hydrogen) atoms. The van der Waals surface area contributed by atoms with Crippen LogP contribution in [0.2, 0.25) is 0 Å². The van der Waals surface area contributed by atoms with Gasteiger partial charge in [0.2, 0.25) is 0 Å². The van der Waals surface area contributed by atoms with E-state index >= 15 is 0 Å². The van der Waals surface area contributed by atoms with Gasteiger partial charge in [-0.2, -0.15) is 5.26 Å². The summed E-state index contributed by atoms with van der Waals surface area (Å²) in [6.07, 6.45) is 0. The van der Waals surface area contributed by atoms with E-state index in [9.17, 15) is 9.65 Å². The fraction of sp³-hybridized carbons (Fsp3) is 0.400. The van der Waals surface area contributed by atoms with Crippen LogP contribution < -0.4 is 10.2 Å². The second-order valence-corrected chi connectivity index (χ2v) is 6.87. The summed E-state index contributed by atoms with van der Waals surface area (Å²) < 4.78 is 13.3. The van der Waals surface area contributed by atoms with E-state index in [1.807, 2.05) is 6.07 Å². The van der Waals surface area contributed by atoms with E-state index in [1.165, 1.54) is 12.1 Å². The highest BCUT2D eigenvalue weighted by atomic mass is 19.1. The third-order valence-electron chi connectivity index (χ3n) is 4.52. The Kier molecular flexibility index (Phi) is 5.00. The number of nitrogens with zero attached hydrogens (tertiary/aromatic N) is 3. The third-order valence-corrected chi connectivity index (χ3v) is 4.52. The molecule has 0 spiro atoms. The average Bonchev–Trinajstić information content (AvgIpc) is 2.61. The molecule has 1 aromatic carbocycles. The van der Waals surface area contributed by atoms with Crippen molar-refractivity contribution in [2.45, 2.75) is 32.7 Å². The van der Waals surface area contributed by atoms with Gasteiger partial charge in [-0.05, 0) is 36.6 Å². The number of pyridine rings is 1. The van der Waals surface area contributed by atoms with Crippen LogP contribution in [-0.4, -0.2) is 30.7 Å². The Bertz CT molecular complexity index is 793. The van der Waals surface area contributed by atoms with Gasteiger partial charge in [-0.15, -0.1) is 0 Å². The fourth-order valence-electron chi connectivity index (χ4n) is 3.27. The predicted octanol–water partition coefficient (Wildman–Crippen LogP) is 3.68. The van der Waals surface area contributed by atoms with Crippen molar-refractivity contribution in [2.24, 2.45) is 0 Å². The molecule has 0 aliphatic carbocycles. The maximum absolute atomic E-state index is 13.3. The maximum atomic E-state index is 13.3. The number of hydrogen-bond donors (Lipinski definition) is 1. The molecule has 1 saturated heterocycles. The molecule has 1 aliphatic rings. The molecule has 4 nitrogen and oxygen atoms in total. The number of aromatic nitrogens is 1. The monoisotopic (exact) mass is 338 g/mol. The largest absolute Gasteiger partial charge is 0.353 e. The third kappa shape index (κ3) is 3.64. The summed E-state index contributed by atoms with van der Waals surface area (Å²) in [7, 11) is 0. The van der Waals surface area contributed by atoms with Gasteiger partial charge in [0.15, 0.2) is 0 Å². The first-order valence-electron chi connectivity index (χ1n) is 8.69. The van der Waals surface area contributed by atoms with Crippen molar-refractivity contribution in [1.82, 2.24) is 10.3 Å². The molecule has 5 heteroatoms. The van der Waals surface area contributed by atoms with Crippen LogP contribution in [0.5, 0.6) is 0 Å². The number of piperazine rings is 1. The second kappa shape index (κ2) is 7.20. The number of halogens is 1. The molecule has 0 radical (unpaired) electrons. The molecular formula is C20H23FN4. The maximum Gasteiger partial charge on any atom is 0.146 e. The first-order valence-corrected chi connectivity index (χ1v) is 8.69. The lowest BCUT2D eigenvalue weighted by molar-refractivity contribution is 0.481. The summed E-state index contributed by atoms with van der Waals surface area (Å²) in [4.78, 5) is 7.06. The number of rotatable bonds is 3. The van der Waals surface area contributed by atoms with Crippen molar-refractivity contribution < 1.29 is 4.39 Å². The summed E-state index contributed by atoms with van der Waals surface area (Å²) >= 11 is 0. The molecule has 1 N–H and O–H groups in total. The lowest BCUT2D eigenvalue weighted by Crippen LogP contribution is -2.49. The van der Waals surface area contributed by atoms with Crippen molar-refractivity contribution in [1.29, 1.82) is 5.26 Å². The average molecular weight is 338 g/mol. The van der Waals surface area contributed by atoms with Crippen molar-refractivity contribution in [3.8, 4) is 17.2 Å². The zero-order valence-corrected chi connectivity index (χ0v) is 14.9. The quantitative estimate of drug-likeness (QED) is 0.927. The Balaban J connectivity index is 2.11. The van der Waals surface area contributed by atoms with Gasteiger partial charge in [-0.1, -0.05) is 26.0 Å². The zero-order valence-electron chi connectivity index (χ0n) is 14.9. The minimum absolute atomic E-state index is 0.201. The van der Waals surface area contributed by atoms with Crippen molar-refractivity contribution in [2.75, 3.05) is 24.5 Å². The molecule has 0 amide bonds. The van der Waals surface area contributed by atoms with E-state index in [0.717, 1.165) is 42.3 Å². The van der Waals surface area contributed by atoms with Crippen LogP contribution in [0, 0.1) is 17.1 Å².